The Morgan fingerprint density at radius 3 is 2.55 bits per heavy atom. The van der Waals surface area contributed by atoms with Gasteiger partial charge in [-0.05, 0) is 57.7 Å². The van der Waals surface area contributed by atoms with Crippen LogP contribution in [0.25, 0.3) is 6.08 Å². The molecule has 1 aliphatic heterocycles. The molecule has 1 aromatic carbocycles. The maximum Gasteiger partial charge on any atom is 0.429 e. The van der Waals surface area contributed by atoms with Crippen molar-refractivity contribution < 1.29 is 32.2 Å². The van der Waals surface area contributed by atoms with Crippen LogP contribution in [0.3, 0.4) is 0 Å². The molecule has 11 heteroatoms. The van der Waals surface area contributed by atoms with Gasteiger partial charge in [-0.3, -0.25) is 9.79 Å². The number of esters is 1. The van der Waals surface area contributed by atoms with E-state index in [-0.39, 0.29) is 24.7 Å². The Hall–Kier alpha value is -3.24. The van der Waals surface area contributed by atoms with Crippen molar-refractivity contribution in [2.45, 2.75) is 58.4 Å². The fourth-order valence-electron chi connectivity index (χ4n) is 3.51. The summed E-state index contributed by atoms with van der Waals surface area (Å²) >= 11 is 0. The van der Waals surface area contributed by atoms with E-state index < -0.39 is 35.8 Å². The zero-order chi connectivity index (χ0) is 24.8. The van der Waals surface area contributed by atoms with Crippen molar-refractivity contribution in [1.29, 1.82) is 0 Å². The monoisotopic (exact) mass is 470 g/mol. The van der Waals surface area contributed by atoms with E-state index in [0.29, 0.717) is 30.5 Å². The molecule has 33 heavy (non-hydrogen) atoms. The van der Waals surface area contributed by atoms with Crippen LogP contribution in [0.5, 0.6) is 5.75 Å². The lowest BCUT2D eigenvalue weighted by molar-refractivity contribution is -0.185. The number of unbranched alkanes of at least 4 members (excludes halogenated alkanes) is 1. The van der Waals surface area contributed by atoms with E-state index in [1.165, 1.54) is 0 Å². The van der Waals surface area contributed by atoms with E-state index in [9.17, 15) is 22.8 Å². The number of benzene rings is 1. The van der Waals surface area contributed by atoms with Crippen molar-refractivity contribution in [3.8, 4) is 5.75 Å². The van der Waals surface area contributed by atoms with Crippen molar-refractivity contribution in [1.82, 2.24) is 5.32 Å². The lowest BCUT2D eigenvalue weighted by Gasteiger charge is -2.30. The number of halogens is 3. The Bertz CT molecular complexity index is 940. The highest BCUT2D eigenvalue weighted by atomic mass is 19.4. The highest BCUT2D eigenvalue weighted by Gasteiger charge is 2.48. The summed E-state index contributed by atoms with van der Waals surface area (Å²) in [4.78, 5) is 29.1. The van der Waals surface area contributed by atoms with E-state index in [0.717, 1.165) is 11.6 Å². The number of aryl methyl sites for hydroxylation is 2. The van der Waals surface area contributed by atoms with Crippen LogP contribution in [-0.4, -0.2) is 49.3 Å². The number of rotatable bonds is 9. The number of carbonyl (C=O) groups is 2. The number of hydrogen-bond acceptors (Lipinski definition) is 5. The molecule has 0 saturated heterocycles. The minimum absolute atomic E-state index is 0.0577. The standard InChI is InChI=1S/C22H29F3N4O4/c1-4-32-20(31)16(7-5-6-8-28-21(26)27)29-19(30)15-11-14-10-12(2)9-13(3)17(14)33-18(15)22(23,24)25/h9-11,16,18H,4-8H2,1-3H3,(H,29,30)(H4,26,27,28)/t16-,18-/m0/s1. The van der Waals surface area contributed by atoms with Gasteiger partial charge in [0.25, 0.3) is 5.91 Å². The number of alkyl halides is 3. The van der Waals surface area contributed by atoms with Gasteiger partial charge in [0.15, 0.2) is 5.96 Å². The number of nitrogens with zero attached hydrogens (tertiary/aromatic N) is 1. The molecular weight excluding hydrogens is 441 g/mol. The van der Waals surface area contributed by atoms with E-state index in [1.807, 2.05) is 0 Å². The maximum absolute atomic E-state index is 13.8. The number of amides is 1. The minimum atomic E-state index is -4.84. The molecule has 0 aromatic heterocycles. The minimum Gasteiger partial charge on any atom is -0.475 e. The van der Waals surface area contributed by atoms with Crippen LogP contribution in [0.2, 0.25) is 0 Å². The topological polar surface area (TPSA) is 129 Å². The molecule has 0 bridgehead atoms. The highest BCUT2D eigenvalue weighted by Crippen LogP contribution is 2.39. The number of carbonyl (C=O) groups excluding carboxylic acids is 2. The van der Waals surface area contributed by atoms with Crippen molar-refractivity contribution in [2.75, 3.05) is 13.2 Å². The molecule has 0 radical (unpaired) electrons. The Morgan fingerprint density at radius 2 is 1.94 bits per heavy atom. The van der Waals surface area contributed by atoms with Crippen LogP contribution in [0.1, 0.15) is 42.9 Å². The van der Waals surface area contributed by atoms with Gasteiger partial charge in [-0.25, -0.2) is 4.79 Å². The third-order valence-corrected chi connectivity index (χ3v) is 4.91. The smallest absolute Gasteiger partial charge is 0.429 e. The number of aliphatic imine (C=N–C) groups is 1. The molecule has 0 spiro atoms. The third-order valence-electron chi connectivity index (χ3n) is 4.91. The molecule has 0 aliphatic carbocycles. The number of fused-ring (bicyclic) bond motifs is 1. The van der Waals surface area contributed by atoms with Gasteiger partial charge in [0.05, 0.1) is 12.2 Å². The molecular formula is C22H29F3N4O4. The van der Waals surface area contributed by atoms with Gasteiger partial charge in [-0.2, -0.15) is 13.2 Å². The molecule has 182 valence electrons. The SMILES string of the molecule is CCOC(=O)[C@H](CCCCN=C(N)N)NC(=O)C1=Cc2cc(C)cc(C)c2O[C@@H]1C(F)(F)F. The molecule has 8 nitrogen and oxygen atoms in total. The average molecular weight is 470 g/mol. The molecule has 1 heterocycles. The number of hydrogen-bond donors (Lipinski definition) is 3. The van der Waals surface area contributed by atoms with E-state index in [1.54, 1.807) is 32.9 Å². The van der Waals surface area contributed by atoms with Crippen molar-refractivity contribution in [2.24, 2.45) is 16.5 Å². The van der Waals surface area contributed by atoms with E-state index >= 15 is 0 Å². The highest BCUT2D eigenvalue weighted by molar-refractivity contribution is 6.02. The Balaban J connectivity index is 2.27. The Morgan fingerprint density at radius 1 is 1.24 bits per heavy atom. The lowest BCUT2D eigenvalue weighted by Crippen LogP contribution is -2.48. The van der Waals surface area contributed by atoms with Gasteiger partial charge in [0, 0.05) is 12.1 Å². The van der Waals surface area contributed by atoms with Gasteiger partial charge >= 0.3 is 12.1 Å². The zero-order valence-electron chi connectivity index (χ0n) is 18.8. The number of nitrogens with one attached hydrogen (secondary N) is 1. The second kappa shape index (κ2) is 11.1. The van der Waals surface area contributed by atoms with Gasteiger partial charge in [0.2, 0.25) is 6.10 Å². The fourth-order valence-corrected chi connectivity index (χ4v) is 3.51. The second-order valence-electron chi connectivity index (χ2n) is 7.72. The molecule has 2 rings (SSSR count). The summed E-state index contributed by atoms with van der Waals surface area (Å²) in [5, 5.41) is 2.39. The molecule has 0 saturated carbocycles. The first kappa shape index (κ1) is 26.0. The predicted molar refractivity (Wildman–Crippen MR) is 117 cm³/mol. The number of guanidine groups is 1. The zero-order valence-corrected chi connectivity index (χ0v) is 18.8. The average Bonchev–Trinajstić information content (AvgIpc) is 2.70. The van der Waals surface area contributed by atoms with Crippen molar-refractivity contribution in [3.05, 3.63) is 34.4 Å². The summed E-state index contributed by atoms with van der Waals surface area (Å²) in [6, 6.07) is 2.20. The first-order chi connectivity index (χ1) is 15.4. The van der Waals surface area contributed by atoms with Gasteiger partial charge in [-0.1, -0.05) is 11.6 Å². The first-order valence-corrected chi connectivity index (χ1v) is 10.5. The van der Waals surface area contributed by atoms with Crippen molar-refractivity contribution >= 4 is 23.9 Å². The van der Waals surface area contributed by atoms with Crippen LogP contribution in [0.4, 0.5) is 13.2 Å². The largest absolute Gasteiger partial charge is 0.475 e. The molecule has 5 N–H and O–H groups in total. The fraction of sp³-hybridized carbons (Fsp3) is 0.500. The molecule has 1 aromatic rings. The van der Waals surface area contributed by atoms with E-state index in [4.69, 9.17) is 20.9 Å². The maximum atomic E-state index is 13.8. The van der Waals surface area contributed by atoms with Gasteiger partial charge in [-0.15, -0.1) is 0 Å². The molecule has 2 atom stereocenters. The summed E-state index contributed by atoms with van der Waals surface area (Å²) in [5.74, 6) is -1.79. The van der Waals surface area contributed by atoms with E-state index in [2.05, 4.69) is 10.3 Å². The molecule has 1 aliphatic rings. The van der Waals surface area contributed by atoms with Gasteiger partial charge < -0.3 is 26.3 Å². The predicted octanol–water partition coefficient (Wildman–Crippen LogP) is 2.50. The molecule has 0 fully saturated rings. The van der Waals surface area contributed by atoms with Gasteiger partial charge in [0.1, 0.15) is 11.8 Å². The van der Waals surface area contributed by atoms with Crippen LogP contribution < -0.4 is 21.5 Å². The summed E-state index contributed by atoms with van der Waals surface area (Å²) < 4.78 is 51.5. The Labute approximate surface area is 190 Å². The molecule has 0 unspecified atom stereocenters. The summed E-state index contributed by atoms with van der Waals surface area (Å²) in [6.07, 6.45) is -5.06. The van der Waals surface area contributed by atoms with Crippen LogP contribution >= 0.6 is 0 Å². The normalized spacial score (nSPS) is 16.1. The summed E-state index contributed by atoms with van der Waals surface area (Å²) in [7, 11) is 0. The summed E-state index contributed by atoms with van der Waals surface area (Å²) in [6.45, 7) is 5.39. The lowest BCUT2D eigenvalue weighted by atomic mass is 9.96. The second-order valence-corrected chi connectivity index (χ2v) is 7.72. The van der Waals surface area contributed by atoms with Crippen LogP contribution in [0, 0.1) is 13.8 Å². The third kappa shape index (κ3) is 7.13. The molecule has 1 amide bonds. The quantitative estimate of drug-likeness (QED) is 0.220. The van der Waals surface area contributed by atoms with Crippen LogP contribution in [-0.2, 0) is 14.3 Å². The Kier molecular flexibility index (Phi) is 8.72. The van der Waals surface area contributed by atoms with Crippen LogP contribution in [0.15, 0.2) is 22.7 Å². The summed E-state index contributed by atoms with van der Waals surface area (Å²) in [5.41, 5.74) is 11.6. The van der Waals surface area contributed by atoms with Crippen molar-refractivity contribution in [3.63, 3.8) is 0 Å². The number of ether oxygens (including phenoxy) is 2. The number of nitrogens with two attached hydrogens (primary N) is 2. The first-order valence-electron chi connectivity index (χ1n) is 10.5.